The number of carbonyl (C=O) groups is 1. The Morgan fingerprint density at radius 2 is 2.00 bits per heavy atom. The average molecular weight is 392 g/mol. The fourth-order valence-electron chi connectivity index (χ4n) is 2.58. The summed E-state index contributed by atoms with van der Waals surface area (Å²) in [5.74, 6) is -0.467. The van der Waals surface area contributed by atoms with Gasteiger partial charge in [-0.25, -0.2) is 0 Å². The predicted octanol–water partition coefficient (Wildman–Crippen LogP) is 4.75. The van der Waals surface area contributed by atoms with Gasteiger partial charge in [0, 0.05) is 16.8 Å². The van der Waals surface area contributed by atoms with Crippen LogP contribution in [0.1, 0.15) is 21.6 Å². The second-order valence-corrected chi connectivity index (χ2v) is 6.22. The Bertz CT molecular complexity index is 960. The van der Waals surface area contributed by atoms with Crippen molar-refractivity contribution >= 4 is 23.3 Å². The number of hydrogen-bond donors (Lipinski definition) is 1. The number of aromatic nitrogens is 2. The van der Waals surface area contributed by atoms with Crippen LogP contribution in [0.2, 0.25) is 5.02 Å². The number of aryl methyl sites for hydroxylation is 1. The van der Waals surface area contributed by atoms with Crippen molar-refractivity contribution in [1.82, 2.24) is 9.78 Å². The highest BCUT2D eigenvalue weighted by atomic mass is 35.5. The van der Waals surface area contributed by atoms with Crippen LogP contribution in [0.4, 0.5) is 14.6 Å². The number of amides is 1. The van der Waals surface area contributed by atoms with Gasteiger partial charge in [0.1, 0.15) is 5.75 Å². The number of para-hydroxylation sites is 1. The van der Waals surface area contributed by atoms with Crippen LogP contribution in [0.5, 0.6) is 5.75 Å². The molecular formula is C19H16ClF2N3O2. The van der Waals surface area contributed by atoms with Crippen LogP contribution in [0.15, 0.2) is 54.6 Å². The molecular weight excluding hydrogens is 376 g/mol. The Balaban J connectivity index is 1.76. The van der Waals surface area contributed by atoms with Gasteiger partial charge >= 0.3 is 6.61 Å². The zero-order chi connectivity index (χ0) is 19.4. The third-order valence-electron chi connectivity index (χ3n) is 3.79. The zero-order valence-electron chi connectivity index (χ0n) is 14.3. The van der Waals surface area contributed by atoms with E-state index < -0.39 is 12.5 Å². The number of rotatable bonds is 6. The summed E-state index contributed by atoms with van der Waals surface area (Å²) < 4.78 is 31.1. The van der Waals surface area contributed by atoms with Crippen LogP contribution in [0, 0.1) is 6.92 Å². The number of anilines is 1. The molecule has 1 heterocycles. The molecule has 2 aromatic carbocycles. The lowest BCUT2D eigenvalue weighted by molar-refractivity contribution is -0.0501. The minimum atomic E-state index is -3.02. The van der Waals surface area contributed by atoms with Gasteiger partial charge in [-0.15, -0.1) is 0 Å². The fraction of sp³-hybridized carbons (Fsp3) is 0.158. The van der Waals surface area contributed by atoms with Gasteiger partial charge < -0.3 is 10.1 Å². The topological polar surface area (TPSA) is 56.1 Å². The summed E-state index contributed by atoms with van der Waals surface area (Å²) in [4.78, 5) is 12.4. The quantitative estimate of drug-likeness (QED) is 0.660. The van der Waals surface area contributed by atoms with E-state index in [9.17, 15) is 13.6 Å². The van der Waals surface area contributed by atoms with E-state index in [1.807, 2.05) is 25.1 Å². The van der Waals surface area contributed by atoms with Gasteiger partial charge in [-0.2, -0.15) is 13.9 Å². The second kappa shape index (κ2) is 8.18. The van der Waals surface area contributed by atoms with Gasteiger partial charge in [0.05, 0.1) is 12.1 Å². The first-order valence-electron chi connectivity index (χ1n) is 8.06. The Hall–Kier alpha value is -2.93. The minimum Gasteiger partial charge on any atom is -0.434 e. The fourth-order valence-corrected chi connectivity index (χ4v) is 2.79. The summed E-state index contributed by atoms with van der Waals surface area (Å²) in [5.41, 5.74) is 1.78. The lowest BCUT2D eigenvalue weighted by Crippen LogP contribution is -2.15. The van der Waals surface area contributed by atoms with Crippen LogP contribution < -0.4 is 10.1 Å². The number of carbonyl (C=O) groups excluding carboxylic acids is 1. The summed E-state index contributed by atoms with van der Waals surface area (Å²) >= 11 is 5.99. The van der Waals surface area contributed by atoms with E-state index in [4.69, 9.17) is 11.6 Å². The zero-order valence-corrected chi connectivity index (χ0v) is 15.1. The largest absolute Gasteiger partial charge is 0.434 e. The smallest absolute Gasteiger partial charge is 0.387 e. The molecule has 0 saturated heterocycles. The molecule has 0 aliphatic carbocycles. The number of halogens is 3. The number of alkyl halides is 2. The highest BCUT2D eigenvalue weighted by molar-refractivity contribution is 6.30. The van der Waals surface area contributed by atoms with Gasteiger partial charge in [-0.3, -0.25) is 9.48 Å². The van der Waals surface area contributed by atoms with E-state index in [0.29, 0.717) is 17.4 Å². The number of ether oxygens (including phenoxy) is 1. The Kier molecular flexibility index (Phi) is 5.71. The van der Waals surface area contributed by atoms with Crippen LogP contribution in [-0.2, 0) is 6.54 Å². The van der Waals surface area contributed by atoms with Crippen molar-refractivity contribution < 1.29 is 18.3 Å². The third-order valence-corrected chi connectivity index (χ3v) is 4.03. The normalized spacial score (nSPS) is 10.9. The molecule has 0 atom stereocenters. The van der Waals surface area contributed by atoms with E-state index >= 15 is 0 Å². The number of benzene rings is 2. The molecule has 0 bridgehead atoms. The van der Waals surface area contributed by atoms with Crippen molar-refractivity contribution in [2.24, 2.45) is 0 Å². The van der Waals surface area contributed by atoms with Crippen LogP contribution in [0.25, 0.3) is 0 Å². The maximum atomic E-state index is 12.5. The molecule has 0 aliphatic rings. The summed E-state index contributed by atoms with van der Waals surface area (Å²) in [6, 6.07) is 14.9. The maximum Gasteiger partial charge on any atom is 0.387 e. The first kappa shape index (κ1) is 18.8. The van der Waals surface area contributed by atoms with Crippen LogP contribution in [-0.4, -0.2) is 22.3 Å². The average Bonchev–Trinajstić information content (AvgIpc) is 2.94. The van der Waals surface area contributed by atoms with Crippen molar-refractivity contribution in [3.05, 3.63) is 76.4 Å². The lowest BCUT2D eigenvalue weighted by atomic mass is 10.2. The molecule has 0 radical (unpaired) electrons. The molecule has 0 aliphatic heterocycles. The molecule has 1 N–H and O–H groups in total. The number of nitrogens with zero attached hydrogens (tertiary/aromatic N) is 2. The predicted molar refractivity (Wildman–Crippen MR) is 98.5 cm³/mol. The molecule has 3 rings (SSSR count). The van der Waals surface area contributed by atoms with E-state index in [1.54, 1.807) is 22.9 Å². The Labute approximate surface area is 159 Å². The van der Waals surface area contributed by atoms with Gasteiger partial charge in [0.2, 0.25) is 0 Å². The van der Waals surface area contributed by atoms with Crippen molar-refractivity contribution in [3.63, 3.8) is 0 Å². The molecule has 3 aromatic rings. The van der Waals surface area contributed by atoms with Gasteiger partial charge in [0.15, 0.2) is 5.82 Å². The first-order valence-corrected chi connectivity index (χ1v) is 8.44. The summed E-state index contributed by atoms with van der Waals surface area (Å²) in [6.07, 6.45) is 0. The number of nitrogens with one attached hydrogen (secondary N) is 1. The Morgan fingerprint density at radius 1 is 1.22 bits per heavy atom. The third kappa shape index (κ3) is 4.83. The van der Waals surface area contributed by atoms with Crippen molar-refractivity contribution in [2.45, 2.75) is 20.1 Å². The second-order valence-electron chi connectivity index (χ2n) is 5.79. The monoisotopic (exact) mass is 391 g/mol. The Morgan fingerprint density at radius 3 is 2.74 bits per heavy atom. The highest BCUT2D eigenvalue weighted by Crippen LogP contribution is 2.22. The van der Waals surface area contributed by atoms with E-state index in [2.05, 4.69) is 15.2 Å². The SMILES string of the molecule is Cc1cc(NC(=O)c2ccccc2OC(F)F)nn1Cc1cccc(Cl)c1. The van der Waals surface area contributed by atoms with Crippen molar-refractivity contribution in [1.29, 1.82) is 0 Å². The molecule has 5 nitrogen and oxygen atoms in total. The van der Waals surface area contributed by atoms with Crippen molar-refractivity contribution in [3.8, 4) is 5.75 Å². The number of hydrogen-bond acceptors (Lipinski definition) is 3. The first-order chi connectivity index (χ1) is 12.9. The van der Waals surface area contributed by atoms with E-state index in [0.717, 1.165) is 11.3 Å². The molecule has 8 heteroatoms. The minimum absolute atomic E-state index is 0.000144. The molecule has 1 amide bonds. The molecule has 0 fully saturated rings. The van der Waals surface area contributed by atoms with Crippen LogP contribution in [0.3, 0.4) is 0 Å². The van der Waals surface area contributed by atoms with Gasteiger partial charge in [0.25, 0.3) is 5.91 Å². The standard InChI is InChI=1S/C19H16ClF2N3O2/c1-12-9-17(24-25(12)11-13-5-4-6-14(20)10-13)23-18(26)15-7-2-3-8-16(15)27-19(21)22/h2-10,19H,11H2,1H3,(H,23,24,26). The van der Waals surface area contributed by atoms with Crippen LogP contribution >= 0.6 is 11.6 Å². The molecule has 1 aromatic heterocycles. The van der Waals surface area contributed by atoms with Crippen molar-refractivity contribution in [2.75, 3.05) is 5.32 Å². The lowest BCUT2D eigenvalue weighted by Gasteiger charge is -2.09. The molecule has 140 valence electrons. The highest BCUT2D eigenvalue weighted by Gasteiger charge is 2.17. The molecule has 27 heavy (non-hydrogen) atoms. The van der Waals surface area contributed by atoms with E-state index in [-0.39, 0.29) is 11.3 Å². The summed E-state index contributed by atoms with van der Waals surface area (Å²) in [5, 5.41) is 7.58. The van der Waals surface area contributed by atoms with Gasteiger partial charge in [-0.05, 0) is 36.8 Å². The maximum absolute atomic E-state index is 12.5. The summed E-state index contributed by atoms with van der Waals surface area (Å²) in [7, 11) is 0. The van der Waals surface area contributed by atoms with E-state index in [1.165, 1.54) is 18.2 Å². The van der Waals surface area contributed by atoms with Gasteiger partial charge in [-0.1, -0.05) is 35.9 Å². The molecule has 0 saturated carbocycles. The molecule has 0 spiro atoms. The summed E-state index contributed by atoms with van der Waals surface area (Å²) in [6.45, 7) is -0.688. The molecule has 0 unspecified atom stereocenters.